The number of ether oxygens (including phenoxy) is 1. The summed E-state index contributed by atoms with van der Waals surface area (Å²) in [6.45, 7) is 5.39. The van der Waals surface area contributed by atoms with E-state index in [1.165, 1.54) is 0 Å². The number of nitriles is 1. The number of nitrogens with one attached hydrogen (secondary N) is 2. The lowest BCUT2D eigenvalue weighted by Crippen LogP contribution is -2.27. The molecular weight excluding hydrogens is 256 g/mol. The first kappa shape index (κ1) is 13.9. The van der Waals surface area contributed by atoms with Crippen LogP contribution in [0.3, 0.4) is 0 Å². The minimum atomic E-state index is -0.559. The van der Waals surface area contributed by atoms with E-state index in [9.17, 15) is 4.79 Å². The molecule has 0 atom stereocenters. The van der Waals surface area contributed by atoms with E-state index in [4.69, 9.17) is 10.00 Å². The van der Waals surface area contributed by atoms with E-state index in [0.29, 0.717) is 12.2 Å². The molecule has 1 aromatic heterocycles. The lowest BCUT2D eigenvalue weighted by atomic mass is 10.1. The molecule has 104 valence electrons. The first-order valence-electron chi connectivity index (χ1n) is 6.23. The minimum absolute atomic E-state index is 0.337. The van der Waals surface area contributed by atoms with Gasteiger partial charge in [0.05, 0.1) is 18.0 Å². The molecular formula is C14H16N4O2. The lowest BCUT2D eigenvalue weighted by Gasteiger charge is -2.19. The van der Waals surface area contributed by atoms with E-state index in [2.05, 4.69) is 21.6 Å². The summed E-state index contributed by atoms with van der Waals surface area (Å²) in [5.74, 6) is 0.415. The normalized spacial score (nSPS) is 11.1. The van der Waals surface area contributed by atoms with E-state index in [-0.39, 0.29) is 0 Å². The molecule has 20 heavy (non-hydrogen) atoms. The average Bonchev–Trinajstić information content (AvgIpc) is 2.70. The van der Waals surface area contributed by atoms with Crippen molar-refractivity contribution in [1.82, 2.24) is 10.2 Å². The fourth-order valence-electron chi connectivity index (χ4n) is 1.76. The number of aromatic nitrogens is 2. The van der Waals surface area contributed by atoms with Crippen LogP contribution in [-0.2, 0) is 11.2 Å². The van der Waals surface area contributed by atoms with Gasteiger partial charge in [0, 0.05) is 5.39 Å². The predicted octanol–water partition coefficient (Wildman–Crippen LogP) is 2.98. The SMILES string of the molecule is CC(C)(C)OC(=O)Nc1n[nH]c2cc(CC#N)ccc12. The molecule has 0 saturated carbocycles. The number of carbonyl (C=O) groups excluding carboxylic acids is 1. The van der Waals surface area contributed by atoms with Gasteiger partial charge < -0.3 is 4.74 Å². The summed E-state index contributed by atoms with van der Waals surface area (Å²) in [7, 11) is 0. The molecule has 0 spiro atoms. The fraction of sp³-hybridized carbons (Fsp3) is 0.357. The van der Waals surface area contributed by atoms with Crippen molar-refractivity contribution in [3.63, 3.8) is 0 Å². The van der Waals surface area contributed by atoms with Crippen LogP contribution in [0.1, 0.15) is 26.3 Å². The fourth-order valence-corrected chi connectivity index (χ4v) is 1.76. The van der Waals surface area contributed by atoms with Crippen molar-refractivity contribution in [2.45, 2.75) is 32.8 Å². The second-order valence-electron chi connectivity index (χ2n) is 5.41. The Morgan fingerprint density at radius 3 is 2.90 bits per heavy atom. The molecule has 0 fully saturated rings. The molecule has 0 aliphatic carbocycles. The third-order valence-electron chi connectivity index (χ3n) is 2.53. The molecule has 1 aromatic carbocycles. The van der Waals surface area contributed by atoms with Crippen LogP contribution in [0.25, 0.3) is 10.9 Å². The van der Waals surface area contributed by atoms with Gasteiger partial charge in [-0.1, -0.05) is 6.07 Å². The van der Waals surface area contributed by atoms with Crippen LogP contribution in [0.4, 0.5) is 10.6 Å². The van der Waals surface area contributed by atoms with E-state index in [1.54, 1.807) is 20.8 Å². The number of rotatable bonds is 2. The molecule has 1 heterocycles. The summed E-state index contributed by atoms with van der Waals surface area (Å²) >= 11 is 0. The van der Waals surface area contributed by atoms with Crippen molar-refractivity contribution in [2.24, 2.45) is 0 Å². The van der Waals surface area contributed by atoms with Gasteiger partial charge in [0.1, 0.15) is 5.60 Å². The van der Waals surface area contributed by atoms with Crippen LogP contribution in [0.15, 0.2) is 18.2 Å². The second-order valence-corrected chi connectivity index (χ2v) is 5.41. The Bertz CT molecular complexity index is 677. The minimum Gasteiger partial charge on any atom is -0.444 e. The summed E-state index contributed by atoms with van der Waals surface area (Å²) in [5, 5.41) is 18.9. The highest BCUT2D eigenvalue weighted by atomic mass is 16.6. The van der Waals surface area contributed by atoms with Crippen molar-refractivity contribution in [2.75, 3.05) is 5.32 Å². The topological polar surface area (TPSA) is 90.8 Å². The maximum Gasteiger partial charge on any atom is 0.413 e. The highest BCUT2D eigenvalue weighted by Gasteiger charge is 2.18. The Balaban J connectivity index is 2.20. The van der Waals surface area contributed by atoms with Gasteiger partial charge in [0.2, 0.25) is 0 Å². The number of hydrogen-bond donors (Lipinski definition) is 2. The zero-order valence-electron chi connectivity index (χ0n) is 11.7. The molecule has 0 aliphatic rings. The molecule has 6 nitrogen and oxygen atoms in total. The molecule has 6 heteroatoms. The van der Waals surface area contributed by atoms with E-state index in [0.717, 1.165) is 16.5 Å². The smallest absolute Gasteiger partial charge is 0.413 e. The van der Waals surface area contributed by atoms with E-state index < -0.39 is 11.7 Å². The summed E-state index contributed by atoms with van der Waals surface area (Å²) in [6.07, 6.45) is -0.212. The van der Waals surface area contributed by atoms with Crippen molar-refractivity contribution < 1.29 is 9.53 Å². The van der Waals surface area contributed by atoms with Gasteiger partial charge in [-0.3, -0.25) is 10.4 Å². The van der Waals surface area contributed by atoms with E-state index in [1.807, 2.05) is 18.2 Å². The Labute approximate surface area is 116 Å². The van der Waals surface area contributed by atoms with Crippen LogP contribution in [0, 0.1) is 11.3 Å². The Hall–Kier alpha value is -2.55. The first-order chi connectivity index (χ1) is 9.39. The van der Waals surface area contributed by atoms with Gasteiger partial charge in [0.15, 0.2) is 5.82 Å². The number of fused-ring (bicyclic) bond motifs is 1. The van der Waals surface area contributed by atoms with Crippen LogP contribution in [0.5, 0.6) is 0 Å². The van der Waals surface area contributed by atoms with Crippen molar-refractivity contribution in [3.8, 4) is 6.07 Å². The van der Waals surface area contributed by atoms with Gasteiger partial charge in [0.25, 0.3) is 0 Å². The van der Waals surface area contributed by atoms with Gasteiger partial charge in [-0.25, -0.2) is 4.79 Å². The lowest BCUT2D eigenvalue weighted by molar-refractivity contribution is 0.0635. The predicted molar refractivity (Wildman–Crippen MR) is 75.3 cm³/mol. The number of anilines is 1. The largest absolute Gasteiger partial charge is 0.444 e. The zero-order chi connectivity index (χ0) is 14.8. The van der Waals surface area contributed by atoms with Crippen LogP contribution in [-0.4, -0.2) is 21.9 Å². The third kappa shape index (κ3) is 3.26. The first-order valence-corrected chi connectivity index (χ1v) is 6.23. The number of carbonyl (C=O) groups is 1. The Kier molecular flexibility index (Phi) is 3.61. The number of benzene rings is 1. The molecule has 0 aliphatic heterocycles. The number of aromatic amines is 1. The van der Waals surface area contributed by atoms with Gasteiger partial charge in [-0.2, -0.15) is 10.4 Å². The average molecular weight is 272 g/mol. The van der Waals surface area contributed by atoms with Crippen LogP contribution < -0.4 is 5.32 Å². The molecule has 0 unspecified atom stereocenters. The standard InChI is InChI=1S/C14H16N4O2/c1-14(2,3)20-13(19)16-12-10-5-4-9(6-7-15)8-11(10)17-18-12/h4-5,8H,6H2,1-3H3,(H2,16,17,18,19). The van der Waals surface area contributed by atoms with Crippen molar-refractivity contribution >= 4 is 22.8 Å². The number of nitrogens with zero attached hydrogens (tertiary/aromatic N) is 2. The van der Waals surface area contributed by atoms with Gasteiger partial charge in [-0.05, 0) is 38.5 Å². The molecule has 2 rings (SSSR count). The van der Waals surface area contributed by atoms with Crippen LogP contribution in [0.2, 0.25) is 0 Å². The Morgan fingerprint density at radius 2 is 2.25 bits per heavy atom. The van der Waals surface area contributed by atoms with Crippen molar-refractivity contribution in [3.05, 3.63) is 23.8 Å². The number of hydrogen-bond acceptors (Lipinski definition) is 4. The van der Waals surface area contributed by atoms with Gasteiger partial charge >= 0.3 is 6.09 Å². The maximum absolute atomic E-state index is 11.7. The maximum atomic E-state index is 11.7. The second kappa shape index (κ2) is 5.21. The monoisotopic (exact) mass is 272 g/mol. The molecule has 1 amide bonds. The Morgan fingerprint density at radius 1 is 1.50 bits per heavy atom. The molecule has 2 N–H and O–H groups in total. The van der Waals surface area contributed by atoms with Gasteiger partial charge in [-0.15, -0.1) is 0 Å². The van der Waals surface area contributed by atoms with E-state index >= 15 is 0 Å². The zero-order valence-corrected chi connectivity index (χ0v) is 11.7. The summed E-state index contributed by atoms with van der Waals surface area (Å²) in [6, 6.07) is 7.58. The number of amides is 1. The highest BCUT2D eigenvalue weighted by Crippen LogP contribution is 2.22. The number of H-pyrrole nitrogens is 1. The highest BCUT2D eigenvalue weighted by molar-refractivity contribution is 5.97. The molecule has 0 radical (unpaired) electrons. The summed E-state index contributed by atoms with van der Waals surface area (Å²) in [5.41, 5.74) is 1.10. The van der Waals surface area contributed by atoms with Crippen molar-refractivity contribution in [1.29, 1.82) is 5.26 Å². The van der Waals surface area contributed by atoms with Crippen LogP contribution >= 0.6 is 0 Å². The molecule has 0 bridgehead atoms. The molecule has 2 aromatic rings. The molecule has 0 saturated heterocycles. The third-order valence-corrected chi connectivity index (χ3v) is 2.53. The summed E-state index contributed by atoms with van der Waals surface area (Å²) < 4.78 is 5.18. The summed E-state index contributed by atoms with van der Waals surface area (Å²) in [4.78, 5) is 11.7. The quantitative estimate of drug-likeness (QED) is 0.879.